The fourth-order valence-electron chi connectivity index (χ4n) is 0.947. The van der Waals surface area contributed by atoms with Crippen molar-refractivity contribution >= 4 is 5.91 Å². The van der Waals surface area contributed by atoms with Crippen molar-refractivity contribution in [1.29, 1.82) is 0 Å². The van der Waals surface area contributed by atoms with Crippen LogP contribution >= 0.6 is 0 Å². The molecule has 4 heteroatoms. The zero-order valence-corrected chi connectivity index (χ0v) is 6.86. The number of carbonyl (C=O) groups excluding carboxylic acids is 1. The van der Waals surface area contributed by atoms with E-state index in [0.29, 0.717) is 5.56 Å². The summed E-state index contributed by atoms with van der Waals surface area (Å²) in [5.74, 6) is -0.846. The fraction of sp³-hybridized carbons (Fsp3) is 0.111. The van der Waals surface area contributed by atoms with Gasteiger partial charge < -0.3 is 10.8 Å². The van der Waals surface area contributed by atoms with E-state index in [2.05, 4.69) is 0 Å². The highest BCUT2D eigenvalue weighted by Crippen LogP contribution is 2.01. The molecule has 0 radical (unpaired) electrons. The van der Waals surface area contributed by atoms with Crippen LogP contribution in [0.25, 0.3) is 0 Å². The highest BCUT2D eigenvalue weighted by Gasteiger charge is 1.99. The average molecular weight is 179 g/mol. The van der Waals surface area contributed by atoms with Crippen LogP contribution in [0, 0.1) is 0 Å². The number of carbonyl (C=O) groups is 1. The second-order valence-electron chi connectivity index (χ2n) is 2.64. The van der Waals surface area contributed by atoms with Crippen LogP contribution < -0.4 is 11.2 Å². The summed E-state index contributed by atoms with van der Waals surface area (Å²) in [5, 5.41) is 9.01. The van der Waals surface area contributed by atoms with Gasteiger partial charge in [-0.25, -0.2) is 0 Å². The molecular formula is C9H9NO3. The van der Waals surface area contributed by atoms with Gasteiger partial charge in [0.15, 0.2) is 5.75 Å². The van der Waals surface area contributed by atoms with E-state index in [0.717, 1.165) is 0 Å². The van der Waals surface area contributed by atoms with Crippen molar-refractivity contribution in [2.75, 3.05) is 0 Å². The van der Waals surface area contributed by atoms with Crippen molar-refractivity contribution in [3.05, 3.63) is 40.1 Å². The summed E-state index contributed by atoms with van der Waals surface area (Å²) in [6, 6.07) is 5.52. The summed E-state index contributed by atoms with van der Waals surface area (Å²) in [6.45, 7) is 0. The number of hydrogen-bond acceptors (Lipinski definition) is 3. The molecule has 0 aliphatic carbocycles. The zero-order valence-electron chi connectivity index (χ0n) is 6.86. The smallest absolute Gasteiger partial charge is 0.221 e. The molecule has 4 nitrogen and oxygen atoms in total. The fourth-order valence-corrected chi connectivity index (χ4v) is 0.947. The topological polar surface area (TPSA) is 80.4 Å². The Balaban J connectivity index is 3.14. The molecular weight excluding hydrogens is 170 g/mol. The Labute approximate surface area is 74.6 Å². The van der Waals surface area contributed by atoms with Crippen LogP contribution in [0.3, 0.4) is 0 Å². The van der Waals surface area contributed by atoms with E-state index >= 15 is 0 Å². The van der Waals surface area contributed by atoms with Gasteiger partial charge >= 0.3 is 0 Å². The number of amides is 1. The Morgan fingerprint density at radius 2 is 2.15 bits per heavy atom. The highest BCUT2D eigenvalue weighted by molar-refractivity contribution is 5.76. The lowest BCUT2D eigenvalue weighted by Crippen LogP contribution is -2.14. The Kier molecular flexibility index (Phi) is 2.64. The van der Waals surface area contributed by atoms with Gasteiger partial charge in [-0.1, -0.05) is 12.1 Å². The van der Waals surface area contributed by atoms with Crippen molar-refractivity contribution in [3.8, 4) is 5.75 Å². The SMILES string of the molecule is NC(=O)Cc1cccc(O)c(=O)c1. The molecule has 1 aromatic carbocycles. The third kappa shape index (κ3) is 2.59. The minimum atomic E-state index is -0.513. The second-order valence-corrected chi connectivity index (χ2v) is 2.64. The van der Waals surface area contributed by atoms with Gasteiger partial charge in [-0.3, -0.25) is 9.59 Å². The lowest BCUT2D eigenvalue weighted by molar-refractivity contribution is -0.117. The summed E-state index contributed by atoms with van der Waals surface area (Å²) in [7, 11) is 0. The molecule has 13 heavy (non-hydrogen) atoms. The standard InChI is InChI=1S/C9H9NO3/c10-9(13)5-6-2-1-3-7(11)8(12)4-6/h1-4H,5H2,(H2,10,13)(H,11,12). The quantitative estimate of drug-likeness (QED) is 0.658. The van der Waals surface area contributed by atoms with E-state index < -0.39 is 11.3 Å². The molecule has 0 fully saturated rings. The summed E-state index contributed by atoms with van der Waals surface area (Å²) in [4.78, 5) is 21.5. The predicted molar refractivity (Wildman–Crippen MR) is 47.3 cm³/mol. The van der Waals surface area contributed by atoms with Gasteiger partial charge in [0.1, 0.15) is 0 Å². The molecule has 0 atom stereocenters. The van der Waals surface area contributed by atoms with Crippen molar-refractivity contribution in [2.24, 2.45) is 5.73 Å². The molecule has 3 N–H and O–H groups in total. The summed E-state index contributed by atoms with van der Waals surface area (Å²) < 4.78 is 0. The predicted octanol–water partition coefficient (Wildman–Crippen LogP) is -0.220. The minimum Gasteiger partial charge on any atom is -0.504 e. The van der Waals surface area contributed by atoms with E-state index in [9.17, 15) is 9.59 Å². The van der Waals surface area contributed by atoms with Crippen molar-refractivity contribution in [3.63, 3.8) is 0 Å². The molecule has 0 unspecified atom stereocenters. The Hall–Kier alpha value is -1.84. The molecule has 0 heterocycles. The van der Waals surface area contributed by atoms with E-state index in [1.165, 1.54) is 18.2 Å². The Morgan fingerprint density at radius 1 is 1.46 bits per heavy atom. The van der Waals surface area contributed by atoms with Crippen LogP contribution in [0.5, 0.6) is 5.75 Å². The van der Waals surface area contributed by atoms with E-state index in [-0.39, 0.29) is 12.2 Å². The maximum atomic E-state index is 11.0. The first kappa shape index (κ1) is 9.25. The summed E-state index contributed by atoms with van der Waals surface area (Å²) in [5.41, 5.74) is 4.94. The van der Waals surface area contributed by atoms with Gasteiger partial charge in [0, 0.05) is 0 Å². The molecule has 0 saturated heterocycles. The van der Waals surface area contributed by atoms with Crippen molar-refractivity contribution in [1.82, 2.24) is 0 Å². The molecule has 0 saturated carbocycles. The van der Waals surface area contributed by atoms with Gasteiger partial charge in [-0.05, 0) is 17.7 Å². The first-order chi connectivity index (χ1) is 6.09. The number of hydrogen-bond donors (Lipinski definition) is 2. The largest absolute Gasteiger partial charge is 0.504 e. The van der Waals surface area contributed by atoms with Gasteiger partial charge in [-0.15, -0.1) is 0 Å². The first-order valence-corrected chi connectivity index (χ1v) is 3.70. The maximum absolute atomic E-state index is 11.0. The third-order valence-electron chi connectivity index (χ3n) is 1.51. The molecule has 0 aliphatic heterocycles. The number of primary amides is 1. The van der Waals surface area contributed by atoms with Gasteiger partial charge in [0.05, 0.1) is 6.42 Å². The van der Waals surface area contributed by atoms with Gasteiger partial charge in [0.25, 0.3) is 0 Å². The lowest BCUT2D eigenvalue weighted by Gasteiger charge is -1.89. The van der Waals surface area contributed by atoms with Crippen molar-refractivity contribution < 1.29 is 9.90 Å². The van der Waals surface area contributed by atoms with Gasteiger partial charge in [-0.2, -0.15) is 0 Å². The van der Waals surface area contributed by atoms with Crippen LogP contribution in [-0.2, 0) is 11.2 Å². The molecule has 1 aromatic rings. The van der Waals surface area contributed by atoms with E-state index in [1.807, 2.05) is 0 Å². The van der Waals surface area contributed by atoms with Crippen molar-refractivity contribution in [2.45, 2.75) is 6.42 Å². The zero-order chi connectivity index (χ0) is 9.84. The highest BCUT2D eigenvalue weighted by atomic mass is 16.3. The maximum Gasteiger partial charge on any atom is 0.221 e. The number of aromatic hydroxyl groups is 1. The second kappa shape index (κ2) is 3.71. The molecule has 68 valence electrons. The molecule has 1 rings (SSSR count). The molecule has 1 amide bonds. The normalized spacial score (nSPS) is 9.54. The summed E-state index contributed by atoms with van der Waals surface area (Å²) >= 11 is 0. The first-order valence-electron chi connectivity index (χ1n) is 3.70. The Bertz CT molecular complexity index is 387. The van der Waals surface area contributed by atoms with Crippen LogP contribution in [0.1, 0.15) is 5.56 Å². The average Bonchev–Trinajstić information content (AvgIpc) is 2.14. The van der Waals surface area contributed by atoms with Crippen LogP contribution in [-0.4, -0.2) is 11.0 Å². The molecule has 0 spiro atoms. The minimum absolute atomic E-state index is 0.00333. The number of nitrogens with two attached hydrogens (primary N) is 1. The number of rotatable bonds is 2. The molecule has 0 aliphatic rings. The molecule has 0 aromatic heterocycles. The van der Waals surface area contributed by atoms with Crippen LogP contribution in [0.4, 0.5) is 0 Å². The van der Waals surface area contributed by atoms with E-state index in [4.69, 9.17) is 10.8 Å². The lowest BCUT2D eigenvalue weighted by atomic mass is 10.2. The Morgan fingerprint density at radius 3 is 2.77 bits per heavy atom. The van der Waals surface area contributed by atoms with Crippen LogP contribution in [0.2, 0.25) is 0 Å². The third-order valence-corrected chi connectivity index (χ3v) is 1.51. The monoisotopic (exact) mass is 179 g/mol. The van der Waals surface area contributed by atoms with Gasteiger partial charge in [0.2, 0.25) is 11.3 Å². The van der Waals surface area contributed by atoms with Crippen LogP contribution in [0.15, 0.2) is 29.1 Å². The molecule has 0 bridgehead atoms. The summed E-state index contributed by atoms with van der Waals surface area (Å²) in [6.07, 6.45) is 0.00333. The van der Waals surface area contributed by atoms with E-state index in [1.54, 1.807) is 6.07 Å².